The Morgan fingerprint density at radius 2 is 1.74 bits per heavy atom. The summed E-state index contributed by atoms with van der Waals surface area (Å²) in [7, 11) is 3.46. The summed E-state index contributed by atoms with van der Waals surface area (Å²) in [6.45, 7) is 3.02. The molecule has 148 valence electrons. The fraction of sp³-hybridized carbons (Fsp3) is 0.381. The number of halogens is 1. The van der Waals surface area contributed by atoms with Crippen LogP contribution < -0.4 is 15.4 Å². The van der Waals surface area contributed by atoms with Crippen molar-refractivity contribution < 1.29 is 9.47 Å². The molecular formula is C21H30IN3O2. The molecule has 2 aromatic carbocycles. The van der Waals surface area contributed by atoms with Gasteiger partial charge in [0.05, 0.1) is 13.7 Å². The number of guanidine groups is 1. The van der Waals surface area contributed by atoms with Crippen molar-refractivity contribution in [3.8, 4) is 5.75 Å². The van der Waals surface area contributed by atoms with Gasteiger partial charge in [-0.05, 0) is 36.1 Å². The quantitative estimate of drug-likeness (QED) is 0.233. The van der Waals surface area contributed by atoms with E-state index in [1.165, 1.54) is 5.56 Å². The number of methoxy groups -OCH3 is 1. The molecule has 0 aliphatic carbocycles. The molecule has 0 saturated carbocycles. The van der Waals surface area contributed by atoms with E-state index in [1.807, 2.05) is 36.4 Å². The summed E-state index contributed by atoms with van der Waals surface area (Å²) >= 11 is 0. The molecule has 0 atom stereocenters. The molecule has 0 aliphatic heterocycles. The molecule has 0 spiro atoms. The number of rotatable bonds is 10. The fourth-order valence-electron chi connectivity index (χ4n) is 2.49. The zero-order chi connectivity index (χ0) is 18.5. The van der Waals surface area contributed by atoms with E-state index in [-0.39, 0.29) is 24.0 Å². The molecule has 0 bridgehead atoms. The van der Waals surface area contributed by atoms with Gasteiger partial charge in [-0.25, -0.2) is 0 Å². The number of nitrogens with one attached hydrogen (secondary N) is 2. The monoisotopic (exact) mass is 483 g/mol. The Hall–Kier alpha value is -1.80. The van der Waals surface area contributed by atoms with Crippen LogP contribution in [-0.2, 0) is 17.9 Å². The summed E-state index contributed by atoms with van der Waals surface area (Å²) in [4.78, 5) is 4.25. The Bertz CT molecular complexity index is 665. The lowest BCUT2D eigenvalue weighted by molar-refractivity contribution is 0.117. The number of ether oxygens (including phenoxy) is 2. The number of nitrogens with zero attached hydrogens (tertiary/aromatic N) is 1. The van der Waals surface area contributed by atoms with Crippen LogP contribution >= 0.6 is 24.0 Å². The fourth-order valence-corrected chi connectivity index (χ4v) is 2.49. The van der Waals surface area contributed by atoms with E-state index in [2.05, 4.69) is 33.8 Å². The second-order valence-corrected chi connectivity index (χ2v) is 5.95. The van der Waals surface area contributed by atoms with E-state index in [0.717, 1.165) is 43.3 Å². The van der Waals surface area contributed by atoms with E-state index in [1.54, 1.807) is 14.2 Å². The maximum atomic E-state index is 5.69. The predicted octanol–water partition coefficient (Wildman–Crippen LogP) is 3.98. The van der Waals surface area contributed by atoms with Gasteiger partial charge in [0.15, 0.2) is 5.96 Å². The molecule has 2 N–H and O–H groups in total. The van der Waals surface area contributed by atoms with Crippen LogP contribution in [0.1, 0.15) is 24.0 Å². The van der Waals surface area contributed by atoms with E-state index in [0.29, 0.717) is 13.2 Å². The number of benzene rings is 2. The molecule has 27 heavy (non-hydrogen) atoms. The van der Waals surface area contributed by atoms with Crippen molar-refractivity contribution in [1.29, 1.82) is 0 Å². The molecule has 0 heterocycles. The van der Waals surface area contributed by atoms with Crippen LogP contribution in [0.4, 0.5) is 0 Å². The Labute approximate surface area is 179 Å². The molecule has 0 amide bonds. The minimum Gasteiger partial charge on any atom is -0.497 e. The molecule has 0 radical (unpaired) electrons. The first-order valence-corrected chi connectivity index (χ1v) is 9.01. The Morgan fingerprint density at radius 3 is 2.48 bits per heavy atom. The molecule has 6 heteroatoms. The first-order valence-electron chi connectivity index (χ1n) is 9.01. The third-order valence-corrected chi connectivity index (χ3v) is 3.94. The number of hydrogen-bond acceptors (Lipinski definition) is 3. The molecule has 0 aromatic heterocycles. The van der Waals surface area contributed by atoms with Gasteiger partial charge in [-0.3, -0.25) is 4.99 Å². The van der Waals surface area contributed by atoms with Crippen molar-refractivity contribution in [2.24, 2.45) is 4.99 Å². The average Bonchev–Trinajstić information content (AvgIpc) is 2.70. The lowest BCUT2D eigenvalue weighted by Gasteiger charge is -2.12. The van der Waals surface area contributed by atoms with Crippen LogP contribution in [0.3, 0.4) is 0 Å². The number of aliphatic imine (C=N–C) groups is 1. The van der Waals surface area contributed by atoms with Gasteiger partial charge in [-0.15, -0.1) is 24.0 Å². The minimum atomic E-state index is 0. The Kier molecular flexibility index (Phi) is 12.3. The zero-order valence-corrected chi connectivity index (χ0v) is 18.4. The summed E-state index contributed by atoms with van der Waals surface area (Å²) in [6.07, 6.45) is 2.06. The van der Waals surface area contributed by atoms with Crippen molar-refractivity contribution in [2.45, 2.75) is 26.0 Å². The van der Waals surface area contributed by atoms with Crippen LogP contribution in [0.25, 0.3) is 0 Å². The average molecular weight is 483 g/mol. The Balaban J connectivity index is 0.00000364. The highest BCUT2D eigenvalue weighted by Crippen LogP contribution is 2.12. The first-order chi connectivity index (χ1) is 12.8. The maximum absolute atomic E-state index is 5.69. The summed E-state index contributed by atoms with van der Waals surface area (Å²) in [5.74, 6) is 1.67. The van der Waals surface area contributed by atoms with E-state index in [9.17, 15) is 0 Å². The SMILES string of the molecule is CN=C(NCCCCOCc1ccccc1)NCc1cccc(OC)c1.I. The van der Waals surface area contributed by atoms with Gasteiger partial charge in [0.25, 0.3) is 0 Å². The van der Waals surface area contributed by atoms with Gasteiger partial charge in [-0.1, -0.05) is 42.5 Å². The molecule has 0 saturated heterocycles. The van der Waals surface area contributed by atoms with Crippen molar-refractivity contribution in [3.05, 3.63) is 65.7 Å². The lowest BCUT2D eigenvalue weighted by atomic mass is 10.2. The van der Waals surface area contributed by atoms with Gasteiger partial charge in [0.1, 0.15) is 5.75 Å². The molecule has 0 unspecified atom stereocenters. The number of hydrogen-bond donors (Lipinski definition) is 2. The highest BCUT2D eigenvalue weighted by molar-refractivity contribution is 14.0. The normalized spacial score (nSPS) is 10.8. The van der Waals surface area contributed by atoms with E-state index in [4.69, 9.17) is 9.47 Å². The molecule has 2 aromatic rings. The molecule has 0 fully saturated rings. The second-order valence-electron chi connectivity index (χ2n) is 5.95. The predicted molar refractivity (Wildman–Crippen MR) is 122 cm³/mol. The highest BCUT2D eigenvalue weighted by atomic mass is 127. The molecule has 5 nitrogen and oxygen atoms in total. The molecule has 2 rings (SSSR count). The van der Waals surface area contributed by atoms with Crippen LogP contribution in [0, 0.1) is 0 Å². The maximum Gasteiger partial charge on any atom is 0.191 e. The second kappa shape index (κ2) is 14.3. The van der Waals surface area contributed by atoms with E-state index < -0.39 is 0 Å². The summed E-state index contributed by atoms with van der Waals surface area (Å²) in [5.41, 5.74) is 2.37. The smallest absolute Gasteiger partial charge is 0.191 e. The van der Waals surface area contributed by atoms with Gasteiger partial charge in [-0.2, -0.15) is 0 Å². The summed E-state index contributed by atoms with van der Waals surface area (Å²) in [6, 6.07) is 18.3. The van der Waals surface area contributed by atoms with Gasteiger partial charge in [0, 0.05) is 26.7 Å². The zero-order valence-electron chi connectivity index (χ0n) is 16.1. The van der Waals surface area contributed by atoms with Gasteiger partial charge in [0.2, 0.25) is 0 Å². The number of unbranched alkanes of at least 4 members (excludes halogenated alkanes) is 1. The van der Waals surface area contributed by atoms with Crippen molar-refractivity contribution in [2.75, 3.05) is 27.3 Å². The lowest BCUT2D eigenvalue weighted by Crippen LogP contribution is -2.37. The Morgan fingerprint density at radius 1 is 0.963 bits per heavy atom. The van der Waals surface area contributed by atoms with Crippen molar-refractivity contribution >= 4 is 29.9 Å². The molecule has 0 aliphatic rings. The van der Waals surface area contributed by atoms with E-state index >= 15 is 0 Å². The van der Waals surface area contributed by atoms with Crippen LogP contribution in [-0.4, -0.2) is 33.3 Å². The molecular weight excluding hydrogens is 453 g/mol. The van der Waals surface area contributed by atoms with Crippen LogP contribution in [0.2, 0.25) is 0 Å². The third-order valence-electron chi connectivity index (χ3n) is 3.94. The van der Waals surface area contributed by atoms with Gasteiger partial charge >= 0.3 is 0 Å². The largest absolute Gasteiger partial charge is 0.497 e. The first kappa shape index (κ1) is 23.2. The standard InChI is InChI=1S/C21H29N3O2.HI/c1-22-21(24-16-19-11-8-12-20(15-19)25-2)23-13-6-7-14-26-17-18-9-4-3-5-10-18;/h3-5,8-12,15H,6-7,13-14,16-17H2,1-2H3,(H2,22,23,24);1H. The summed E-state index contributed by atoms with van der Waals surface area (Å²) < 4.78 is 10.9. The van der Waals surface area contributed by atoms with Crippen molar-refractivity contribution in [1.82, 2.24) is 10.6 Å². The topological polar surface area (TPSA) is 54.9 Å². The van der Waals surface area contributed by atoms with Crippen LogP contribution in [0.15, 0.2) is 59.6 Å². The minimum absolute atomic E-state index is 0. The summed E-state index contributed by atoms with van der Waals surface area (Å²) in [5, 5.41) is 6.64. The highest BCUT2D eigenvalue weighted by Gasteiger charge is 2.00. The third kappa shape index (κ3) is 9.63. The van der Waals surface area contributed by atoms with Gasteiger partial charge < -0.3 is 20.1 Å². The van der Waals surface area contributed by atoms with Crippen LogP contribution in [0.5, 0.6) is 5.75 Å². The van der Waals surface area contributed by atoms with Crippen molar-refractivity contribution in [3.63, 3.8) is 0 Å².